The Kier molecular flexibility index (Phi) is 2.45. The maximum absolute atomic E-state index is 5.66. The van der Waals surface area contributed by atoms with Crippen molar-refractivity contribution in [2.45, 2.75) is 19.3 Å². The molecule has 4 nitrogen and oxygen atoms in total. The second kappa shape index (κ2) is 3.75. The smallest absolute Gasteiger partial charge is 0.177 e. The van der Waals surface area contributed by atoms with Crippen molar-refractivity contribution in [2.24, 2.45) is 5.73 Å². The van der Waals surface area contributed by atoms with Crippen LogP contribution in [0.4, 0.5) is 0 Å². The van der Waals surface area contributed by atoms with Crippen molar-refractivity contribution in [1.82, 2.24) is 15.0 Å². The summed E-state index contributed by atoms with van der Waals surface area (Å²) in [6, 6.07) is 3.87. The predicted molar refractivity (Wildman–Crippen MR) is 56.0 cm³/mol. The van der Waals surface area contributed by atoms with Crippen molar-refractivity contribution < 1.29 is 0 Å². The molecule has 0 saturated carbocycles. The molecule has 0 amide bonds. The summed E-state index contributed by atoms with van der Waals surface area (Å²) in [7, 11) is 0. The van der Waals surface area contributed by atoms with Crippen LogP contribution in [0.3, 0.4) is 0 Å². The number of H-pyrrole nitrogens is 1. The molecule has 1 unspecified atom stereocenters. The van der Waals surface area contributed by atoms with Crippen molar-refractivity contribution in [1.29, 1.82) is 0 Å². The largest absolute Gasteiger partial charge is 0.340 e. The molecular weight excluding hydrogens is 176 g/mol. The number of aromatic nitrogens is 3. The quantitative estimate of drug-likeness (QED) is 0.769. The van der Waals surface area contributed by atoms with Gasteiger partial charge in [0.2, 0.25) is 0 Å². The average Bonchev–Trinajstić information content (AvgIpc) is 2.63. The standard InChI is InChI=1S/C10H14N4/c1-2-7(6-11)9-13-8-4-3-5-12-10(8)14-9/h3-5,7H,2,6,11H2,1H3,(H,12,13,14). The van der Waals surface area contributed by atoms with Gasteiger partial charge in [-0.2, -0.15) is 0 Å². The van der Waals surface area contributed by atoms with E-state index in [2.05, 4.69) is 21.9 Å². The number of fused-ring (bicyclic) bond motifs is 1. The van der Waals surface area contributed by atoms with E-state index in [1.54, 1.807) is 6.20 Å². The van der Waals surface area contributed by atoms with Crippen molar-refractivity contribution in [3.8, 4) is 0 Å². The topological polar surface area (TPSA) is 67.6 Å². The Morgan fingerprint density at radius 3 is 3.07 bits per heavy atom. The van der Waals surface area contributed by atoms with Crippen LogP contribution in [0.2, 0.25) is 0 Å². The molecule has 0 aliphatic heterocycles. The molecule has 2 aromatic rings. The van der Waals surface area contributed by atoms with E-state index in [0.717, 1.165) is 23.4 Å². The molecule has 0 fully saturated rings. The molecule has 14 heavy (non-hydrogen) atoms. The highest BCUT2D eigenvalue weighted by molar-refractivity contribution is 5.70. The number of rotatable bonds is 3. The lowest BCUT2D eigenvalue weighted by molar-refractivity contribution is 0.640. The second-order valence-corrected chi connectivity index (χ2v) is 3.34. The maximum atomic E-state index is 5.66. The molecule has 0 aliphatic carbocycles. The van der Waals surface area contributed by atoms with E-state index >= 15 is 0 Å². The average molecular weight is 190 g/mol. The number of nitrogens with one attached hydrogen (secondary N) is 1. The van der Waals surface area contributed by atoms with Gasteiger partial charge in [-0.25, -0.2) is 9.97 Å². The fourth-order valence-electron chi connectivity index (χ4n) is 1.53. The van der Waals surface area contributed by atoms with Gasteiger partial charge in [0.1, 0.15) is 5.82 Å². The van der Waals surface area contributed by atoms with Crippen LogP contribution in [-0.4, -0.2) is 21.5 Å². The number of hydrogen-bond donors (Lipinski definition) is 2. The lowest BCUT2D eigenvalue weighted by Crippen LogP contribution is -2.12. The Morgan fingerprint density at radius 1 is 1.57 bits per heavy atom. The van der Waals surface area contributed by atoms with E-state index in [1.165, 1.54) is 0 Å². The van der Waals surface area contributed by atoms with Crippen LogP contribution in [0.5, 0.6) is 0 Å². The molecule has 0 saturated heterocycles. The zero-order valence-electron chi connectivity index (χ0n) is 8.20. The molecule has 4 heteroatoms. The normalized spacial score (nSPS) is 13.3. The fourth-order valence-corrected chi connectivity index (χ4v) is 1.53. The van der Waals surface area contributed by atoms with Gasteiger partial charge < -0.3 is 10.7 Å². The molecule has 0 aliphatic rings. The van der Waals surface area contributed by atoms with Crippen LogP contribution >= 0.6 is 0 Å². The minimum Gasteiger partial charge on any atom is -0.340 e. The predicted octanol–water partition coefficient (Wildman–Crippen LogP) is 1.41. The molecule has 0 bridgehead atoms. The lowest BCUT2D eigenvalue weighted by Gasteiger charge is -2.06. The Morgan fingerprint density at radius 2 is 2.43 bits per heavy atom. The molecule has 3 N–H and O–H groups in total. The van der Waals surface area contributed by atoms with Crippen molar-refractivity contribution in [3.05, 3.63) is 24.2 Å². The van der Waals surface area contributed by atoms with E-state index in [9.17, 15) is 0 Å². The number of hydrogen-bond acceptors (Lipinski definition) is 3. The van der Waals surface area contributed by atoms with Crippen molar-refractivity contribution in [3.63, 3.8) is 0 Å². The van der Waals surface area contributed by atoms with Gasteiger partial charge in [-0.1, -0.05) is 6.92 Å². The SMILES string of the molecule is CCC(CN)c1nc2ncccc2[nH]1. The lowest BCUT2D eigenvalue weighted by atomic mass is 10.1. The molecule has 74 valence electrons. The minimum atomic E-state index is 0.309. The zero-order valence-corrected chi connectivity index (χ0v) is 8.20. The molecule has 2 rings (SSSR count). The Labute approximate surface area is 82.6 Å². The molecule has 0 radical (unpaired) electrons. The van der Waals surface area contributed by atoms with E-state index in [1.807, 2.05) is 12.1 Å². The monoisotopic (exact) mass is 190 g/mol. The van der Waals surface area contributed by atoms with Gasteiger partial charge in [0.25, 0.3) is 0 Å². The van der Waals surface area contributed by atoms with E-state index in [0.29, 0.717) is 12.5 Å². The van der Waals surface area contributed by atoms with Crippen molar-refractivity contribution in [2.75, 3.05) is 6.54 Å². The van der Waals surface area contributed by atoms with E-state index in [-0.39, 0.29) is 0 Å². The van der Waals surface area contributed by atoms with Gasteiger partial charge in [0.15, 0.2) is 5.65 Å². The number of imidazole rings is 1. The summed E-state index contributed by atoms with van der Waals surface area (Å²) in [4.78, 5) is 11.8. The van der Waals surface area contributed by atoms with Gasteiger partial charge in [-0.3, -0.25) is 0 Å². The number of aromatic amines is 1. The molecule has 2 heterocycles. The Balaban J connectivity index is 2.43. The number of nitrogens with zero attached hydrogens (tertiary/aromatic N) is 2. The fraction of sp³-hybridized carbons (Fsp3) is 0.400. The molecule has 0 aromatic carbocycles. The van der Waals surface area contributed by atoms with Crippen LogP contribution in [0.1, 0.15) is 25.1 Å². The Bertz CT molecular complexity index is 384. The Hall–Kier alpha value is -1.42. The molecule has 1 atom stereocenters. The molecule has 2 aromatic heterocycles. The van der Waals surface area contributed by atoms with E-state index in [4.69, 9.17) is 5.73 Å². The zero-order chi connectivity index (χ0) is 9.97. The summed E-state index contributed by atoms with van der Waals surface area (Å²) in [5, 5.41) is 0. The molecular formula is C10H14N4. The summed E-state index contributed by atoms with van der Waals surface area (Å²) in [5.74, 6) is 1.26. The summed E-state index contributed by atoms with van der Waals surface area (Å²) >= 11 is 0. The number of nitrogens with two attached hydrogens (primary N) is 1. The van der Waals surface area contributed by atoms with Crippen LogP contribution < -0.4 is 5.73 Å². The van der Waals surface area contributed by atoms with Crippen LogP contribution in [0, 0.1) is 0 Å². The van der Waals surface area contributed by atoms with Gasteiger partial charge in [0, 0.05) is 18.7 Å². The summed E-state index contributed by atoms with van der Waals surface area (Å²) in [5.41, 5.74) is 7.41. The third-order valence-electron chi connectivity index (χ3n) is 2.44. The highest BCUT2D eigenvalue weighted by Gasteiger charge is 2.11. The first-order chi connectivity index (χ1) is 6.85. The first-order valence-corrected chi connectivity index (χ1v) is 4.85. The summed E-state index contributed by atoms with van der Waals surface area (Å²) in [6.07, 6.45) is 2.74. The van der Waals surface area contributed by atoms with Gasteiger partial charge in [0.05, 0.1) is 5.52 Å². The van der Waals surface area contributed by atoms with Crippen LogP contribution in [-0.2, 0) is 0 Å². The minimum absolute atomic E-state index is 0.309. The highest BCUT2D eigenvalue weighted by Crippen LogP contribution is 2.17. The van der Waals surface area contributed by atoms with Gasteiger partial charge in [-0.15, -0.1) is 0 Å². The third-order valence-corrected chi connectivity index (χ3v) is 2.44. The van der Waals surface area contributed by atoms with Gasteiger partial charge in [-0.05, 0) is 18.6 Å². The summed E-state index contributed by atoms with van der Waals surface area (Å²) in [6.45, 7) is 2.73. The third kappa shape index (κ3) is 1.48. The second-order valence-electron chi connectivity index (χ2n) is 3.34. The number of pyridine rings is 1. The van der Waals surface area contributed by atoms with Crippen LogP contribution in [0.15, 0.2) is 18.3 Å². The highest BCUT2D eigenvalue weighted by atomic mass is 15.0. The molecule has 0 spiro atoms. The van der Waals surface area contributed by atoms with Crippen molar-refractivity contribution >= 4 is 11.2 Å². The summed E-state index contributed by atoms with van der Waals surface area (Å²) < 4.78 is 0. The van der Waals surface area contributed by atoms with Crippen LogP contribution in [0.25, 0.3) is 11.2 Å². The van der Waals surface area contributed by atoms with Gasteiger partial charge >= 0.3 is 0 Å². The first kappa shape index (κ1) is 9.15. The maximum Gasteiger partial charge on any atom is 0.177 e. The van der Waals surface area contributed by atoms with E-state index < -0.39 is 0 Å². The first-order valence-electron chi connectivity index (χ1n) is 4.85.